The zero-order chi connectivity index (χ0) is 9.97. The maximum atomic E-state index is 9.60. The van der Waals surface area contributed by atoms with Gasteiger partial charge in [-0.2, -0.15) is 0 Å². The molecular formula is C12H16O2. The second-order valence-corrected chi connectivity index (χ2v) is 3.83. The molecule has 0 aliphatic carbocycles. The molecule has 3 atom stereocenters. The van der Waals surface area contributed by atoms with Gasteiger partial charge < -0.3 is 9.84 Å². The van der Waals surface area contributed by atoms with Gasteiger partial charge in [0.25, 0.3) is 0 Å². The molecule has 14 heavy (non-hydrogen) atoms. The third-order valence-electron chi connectivity index (χ3n) is 2.92. The Morgan fingerprint density at radius 3 is 2.64 bits per heavy atom. The largest absolute Gasteiger partial charge is 0.368 e. The predicted octanol–water partition coefficient (Wildman–Crippen LogP) is 2.49. The molecule has 0 amide bonds. The molecule has 1 fully saturated rings. The lowest BCUT2D eigenvalue weighted by Gasteiger charge is -2.10. The molecule has 0 radical (unpaired) electrons. The highest BCUT2D eigenvalue weighted by molar-refractivity contribution is 5.18. The zero-order valence-corrected chi connectivity index (χ0v) is 8.39. The van der Waals surface area contributed by atoms with E-state index < -0.39 is 6.29 Å². The molecule has 1 aromatic rings. The fraction of sp³-hybridized carbons (Fsp3) is 0.500. The molecule has 2 heteroatoms. The molecule has 1 N–H and O–H groups in total. The van der Waals surface area contributed by atoms with Gasteiger partial charge in [-0.05, 0) is 18.4 Å². The van der Waals surface area contributed by atoms with E-state index in [0.717, 1.165) is 12.8 Å². The highest BCUT2D eigenvalue weighted by atomic mass is 16.6. The minimum atomic E-state index is -0.579. The summed E-state index contributed by atoms with van der Waals surface area (Å²) in [5, 5.41) is 9.60. The molecule has 0 aromatic heterocycles. The number of benzene rings is 1. The Bertz CT molecular complexity index is 284. The Morgan fingerprint density at radius 2 is 2.07 bits per heavy atom. The first-order valence-corrected chi connectivity index (χ1v) is 5.19. The van der Waals surface area contributed by atoms with E-state index in [1.54, 1.807) is 0 Å². The van der Waals surface area contributed by atoms with Crippen LogP contribution < -0.4 is 0 Å². The van der Waals surface area contributed by atoms with E-state index in [0.29, 0.717) is 5.92 Å². The van der Waals surface area contributed by atoms with Crippen LogP contribution in [0.5, 0.6) is 0 Å². The zero-order valence-electron chi connectivity index (χ0n) is 8.39. The summed E-state index contributed by atoms with van der Waals surface area (Å²) >= 11 is 0. The van der Waals surface area contributed by atoms with Crippen molar-refractivity contribution in [2.24, 2.45) is 5.92 Å². The first-order chi connectivity index (χ1) is 6.81. The van der Waals surface area contributed by atoms with E-state index in [-0.39, 0.29) is 6.10 Å². The van der Waals surface area contributed by atoms with Gasteiger partial charge in [-0.25, -0.2) is 0 Å². The minimum absolute atomic E-state index is 0.0798. The molecule has 1 saturated heterocycles. The van der Waals surface area contributed by atoms with Gasteiger partial charge in [0.1, 0.15) is 0 Å². The predicted molar refractivity (Wildman–Crippen MR) is 54.7 cm³/mol. The summed E-state index contributed by atoms with van der Waals surface area (Å²) in [6, 6.07) is 10.1. The van der Waals surface area contributed by atoms with Gasteiger partial charge in [0.15, 0.2) is 6.29 Å². The number of hydrogen-bond donors (Lipinski definition) is 1. The average molecular weight is 192 g/mol. The van der Waals surface area contributed by atoms with Gasteiger partial charge in [0.2, 0.25) is 0 Å². The lowest BCUT2D eigenvalue weighted by molar-refractivity contribution is -0.109. The van der Waals surface area contributed by atoms with E-state index in [1.165, 1.54) is 5.56 Å². The molecule has 0 bridgehead atoms. The lowest BCUT2D eigenvalue weighted by Crippen LogP contribution is -2.13. The molecular weight excluding hydrogens is 176 g/mol. The summed E-state index contributed by atoms with van der Waals surface area (Å²) in [7, 11) is 0. The molecule has 0 saturated carbocycles. The maximum absolute atomic E-state index is 9.60. The Hall–Kier alpha value is -0.860. The smallest absolute Gasteiger partial charge is 0.158 e. The molecule has 2 rings (SSSR count). The van der Waals surface area contributed by atoms with E-state index >= 15 is 0 Å². The van der Waals surface area contributed by atoms with Crippen LogP contribution in [0.15, 0.2) is 30.3 Å². The Labute approximate surface area is 84.5 Å². The summed E-state index contributed by atoms with van der Waals surface area (Å²) in [5.74, 6) is 0.292. The number of ether oxygens (including phenoxy) is 1. The minimum Gasteiger partial charge on any atom is -0.368 e. The Kier molecular flexibility index (Phi) is 2.85. The molecule has 3 unspecified atom stereocenters. The summed E-state index contributed by atoms with van der Waals surface area (Å²) < 4.78 is 5.51. The number of aliphatic hydroxyl groups is 1. The van der Waals surface area contributed by atoms with Crippen molar-refractivity contribution < 1.29 is 9.84 Å². The van der Waals surface area contributed by atoms with Crippen LogP contribution in [0.3, 0.4) is 0 Å². The molecule has 1 heterocycles. The number of hydrogen-bond acceptors (Lipinski definition) is 2. The van der Waals surface area contributed by atoms with Crippen molar-refractivity contribution in [2.45, 2.75) is 32.2 Å². The van der Waals surface area contributed by atoms with E-state index in [4.69, 9.17) is 4.74 Å². The standard InChI is InChI=1S/C12H16O2/c1-2-9-8-11(14-12(9)13)10-6-4-3-5-7-10/h3-7,9,11-13H,2,8H2,1H3. The van der Waals surface area contributed by atoms with Gasteiger partial charge in [0, 0.05) is 5.92 Å². The molecule has 1 aliphatic heterocycles. The van der Waals surface area contributed by atoms with Crippen molar-refractivity contribution in [2.75, 3.05) is 0 Å². The Balaban J connectivity index is 2.09. The van der Waals surface area contributed by atoms with E-state index in [1.807, 2.05) is 18.2 Å². The van der Waals surface area contributed by atoms with Gasteiger partial charge in [-0.1, -0.05) is 37.3 Å². The molecule has 2 nitrogen and oxygen atoms in total. The fourth-order valence-corrected chi connectivity index (χ4v) is 1.98. The summed E-state index contributed by atoms with van der Waals surface area (Å²) in [6.45, 7) is 2.09. The lowest BCUT2D eigenvalue weighted by atomic mass is 9.98. The van der Waals surface area contributed by atoms with Crippen molar-refractivity contribution in [3.05, 3.63) is 35.9 Å². The first kappa shape index (κ1) is 9.69. The highest BCUT2D eigenvalue weighted by Crippen LogP contribution is 2.37. The molecule has 1 aliphatic rings. The number of rotatable bonds is 2. The first-order valence-electron chi connectivity index (χ1n) is 5.19. The van der Waals surface area contributed by atoms with Crippen molar-refractivity contribution in [1.82, 2.24) is 0 Å². The SMILES string of the molecule is CCC1CC(c2ccccc2)OC1O. The van der Waals surface area contributed by atoms with Crippen LogP contribution in [0.2, 0.25) is 0 Å². The van der Waals surface area contributed by atoms with Gasteiger partial charge in [0.05, 0.1) is 6.10 Å². The average Bonchev–Trinajstić information content (AvgIpc) is 2.61. The van der Waals surface area contributed by atoms with Crippen molar-refractivity contribution in [1.29, 1.82) is 0 Å². The van der Waals surface area contributed by atoms with Gasteiger partial charge in [-0.15, -0.1) is 0 Å². The van der Waals surface area contributed by atoms with Crippen LogP contribution in [-0.2, 0) is 4.74 Å². The highest BCUT2D eigenvalue weighted by Gasteiger charge is 2.33. The topological polar surface area (TPSA) is 29.5 Å². The molecule has 1 aromatic carbocycles. The maximum Gasteiger partial charge on any atom is 0.158 e. The van der Waals surface area contributed by atoms with Crippen LogP contribution in [0.25, 0.3) is 0 Å². The normalized spacial score (nSPS) is 32.0. The molecule has 76 valence electrons. The summed E-state index contributed by atoms with van der Waals surface area (Å²) in [4.78, 5) is 0. The quantitative estimate of drug-likeness (QED) is 0.780. The summed E-state index contributed by atoms with van der Waals surface area (Å²) in [5.41, 5.74) is 1.17. The third-order valence-corrected chi connectivity index (χ3v) is 2.92. The second kappa shape index (κ2) is 4.11. The van der Waals surface area contributed by atoms with Crippen LogP contribution in [0.4, 0.5) is 0 Å². The van der Waals surface area contributed by atoms with Crippen LogP contribution in [-0.4, -0.2) is 11.4 Å². The van der Waals surface area contributed by atoms with Crippen molar-refractivity contribution in [3.63, 3.8) is 0 Å². The monoisotopic (exact) mass is 192 g/mol. The molecule has 0 spiro atoms. The van der Waals surface area contributed by atoms with Crippen LogP contribution >= 0.6 is 0 Å². The third kappa shape index (κ3) is 1.81. The van der Waals surface area contributed by atoms with Crippen molar-refractivity contribution >= 4 is 0 Å². The van der Waals surface area contributed by atoms with Gasteiger partial charge >= 0.3 is 0 Å². The van der Waals surface area contributed by atoms with E-state index in [9.17, 15) is 5.11 Å². The van der Waals surface area contributed by atoms with Gasteiger partial charge in [-0.3, -0.25) is 0 Å². The van der Waals surface area contributed by atoms with Crippen LogP contribution in [0, 0.1) is 5.92 Å². The van der Waals surface area contributed by atoms with E-state index in [2.05, 4.69) is 19.1 Å². The Morgan fingerprint density at radius 1 is 1.36 bits per heavy atom. The van der Waals surface area contributed by atoms with Crippen LogP contribution in [0.1, 0.15) is 31.4 Å². The fourth-order valence-electron chi connectivity index (χ4n) is 1.98. The van der Waals surface area contributed by atoms with Crippen molar-refractivity contribution in [3.8, 4) is 0 Å². The number of aliphatic hydroxyl groups excluding tert-OH is 1. The second-order valence-electron chi connectivity index (χ2n) is 3.83. The summed E-state index contributed by atoms with van der Waals surface area (Å²) in [6.07, 6.45) is 1.41.